The average molecular weight is 566 g/mol. The molecule has 7 heteroatoms. The lowest BCUT2D eigenvalue weighted by Crippen LogP contribution is -1.99. The summed E-state index contributed by atoms with van der Waals surface area (Å²) in [6.45, 7) is 0. The molecule has 6 heterocycles. The molecular formula is C37H23N7. The van der Waals surface area contributed by atoms with Gasteiger partial charge in [0, 0.05) is 45.1 Å². The van der Waals surface area contributed by atoms with Gasteiger partial charge in [-0.05, 0) is 48.5 Å². The number of hydrogen-bond acceptors (Lipinski definition) is 5. The zero-order valence-corrected chi connectivity index (χ0v) is 23.4. The molecule has 0 spiro atoms. The predicted octanol–water partition coefficient (Wildman–Crippen LogP) is 8.19. The van der Waals surface area contributed by atoms with Gasteiger partial charge in [-0.3, -0.25) is 14.1 Å². The number of para-hydroxylation sites is 2. The Labute approximate surface area is 251 Å². The molecule has 0 aliphatic rings. The summed E-state index contributed by atoms with van der Waals surface area (Å²) < 4.78 is 4.36. The molecule has 3 aromatic carbocycles. The third-order valence-corrected chi connectivity index (χ3v) is 8.24. The molecule has 0 amide bonds. The Morgan fingerprint density at radius 3 is 1.64 bits per heavy atom. The van der Waals surface area contributed by atoms with Crippen LogP contribution in [0.15, 0.2) is 140 Å². The van der Waals surface area contributed by atoms with Crippen molar-refractivity contribution < 1.29 is 0 Å². The van der Waals surface area contributed by atoms with Crippen molar-refractivity contribution in [2.24, 2.45) is 0 Å². The molecule has 0 saturated carbocycles. The maximum atomic E-state index is 5.15. The first kappa shape index (κ1) is 24.4. The van der Waals surface area contributed by atoms with E-state index in [0.29, 0.717) is 0 Å². The van der Waals surface area contributed by atoms with Crippen molar-refractivity contribution in [1.29, 1.82) is 0 Å². The SMILES string of the molecule is c1cc(-c2cccc(-n3c4ccccc4c4cnccc43)n2)cc(-c2cccc(-n3c4ccccc4c4cnncc43)n2)c1. The Kier molecular flexibility index (Phi) is 5.36. The van der Waals surface area contributed by atoms with Gasteiger partial charge in [-0.15, -0.1) is 0 Å². The zero-order chi connectivity index (χ0) is 29.0. The van der Waals surface area contributed by atoms with Gasteiger partial charge in [-0.25, -0.2) is 9.97 Å². The van der Waals surface area contributed by atoms with Crippen LogP contribution in [0.3, 0.4) is 0 Å². The molecule has 206 valence electrons. The summed E-state index contributed by atoms with van der Waals surface area (Å²) in [6.07, 6.45) is 7.38. The molecule has 0 N–H and O–H groups in total. The summed E-state index contributed by atoms with van der Waals surface area (Å²) >= 11 is 0. The van der Waals surface area contributed by atoms with Gasteiger partial charge in [0.1, 0.15) is 11.6 Å². The number of rotatable bonds is 4. The molecule has 0 bridgehead atoms. The van der Waals surface area contributed by atoms with E-state index in [1.807, 2.05) is 48.9 Å². The summed E-state index contributed by atoms with van der Waals surface area (Å²) in [4.78, 5) is 14.7. The van der Waals surface area contributed by atoms with Crippen molar-refractivity contribution in [3.05, 3.63) is 140 Å². The molecule has 0 unspecified atom stereocenters. The zero-order valence-electron chi connectivity index (χ0n) is 23.4. The van der Waals surface area contributed by atoms with Crippen LogP contribution in [0.5, 0.6) is 0 Å². The lowest BCUT2D eigenvalue weighted by atomic mass is 10.0. The van der Waals surface area contributed by atoms with Crippen molar-refractivity contribution in [2.45, 2.75) is 0 Å². The van der Waals surface area contributed by atoms with Gasteiger partial charge in [-0.2, -0.15) is 10.2 Å². The maximum absolute atomic E-state index is 5.15. The molecule has 0 atom stereocenters. The molecular weight excluding hydrogens is 542 g/mol. The van der Waals surface area contributed by atoms with E-state index < -0.39 is 0 Å². The Hall–Kier alpha value is -6.21. The first-order valence-electron chi connectivity index (χ1n) is 14.4. The highest BCUT2D eigenvalue weighted by Crippen LogP contribution is 2.33. The summed E-state index contributed by atoms with van der Waals surface area (Å²) in [7, 11) is 0. The van der Waals surface area contributed by atoms with Crippen LogP contribution in [0, 0.1) is 0 Å². The Bertz CT molecular complexity index is 2250. The molecule has 9 rings (SSSR count). The predicted molar refractivity (Wildman–Crippen MR) is 175 cm³/mol. The Balaban J connectivity index is 1.15. The minimum atomic E-state index is 0.827. The lowest BCUT2D eigenvalue weighted by molar-refractivity contribution is 1.02. The van der Waals surface area contributed by atoms with E-state index in [1.54, 1.807) is 6.20 Å². The number of pyridine rings is 3. The van der Waals surface area contributed by atoms with Crippen LogP contribution < -0.4 is 0 Å². The van der Waals surface area contributed by atoms with E-state index in [9.17, 15) is 0 Å². The molecule has 6 aromatic heterocycles. The van der Waals surface area contributed by atoms with Crippen LogP contribution >= 0.6 is 0 Å². The minimum Gasteiger partial charge on any atom is -0.294 e. The molecule has 0 aliphatic heterocycles. The highest BCUT2D eigenvalue weighted by atomic mass is 15.1. The van der Waals surface area contributed by atoms with E-state index in [4.69, 9.17) is 9.97 Å². The number of nitrogens with zero attached hydrogens (tertiary/aromatic N) is 7. The normalized spacial score (nSPS) is 11.6. The van der Waals surface area contributed by atoms with Gasteiger partial charge in [-0.1, -0.05) is 66.7 Å². The van der Waals surface area contributed by atoms with Crippen LogP contribution in [0.2, 0.25) is 0 Å². The standard InChI is InChI=1S/C37H23N7/c1-3-14-32-26(10-1)28-21-38-19-18-34(28)43(32)36-16-6-12-30(41-36)24-8-5-9-25(20-24)31-13-7-17-37(42-31)44-33-15-4-2-11-27(33)29-22-39-40-23-35(29)44/h1-23H. The van der Waals surface area contributed by atoms with Gasteiger partial charge in [0.25, 0.3) is 0 Å². The van der Waals surface area contributed by atoms with Crippen molar-refractivity contribution in [1.82, 2.24) is 34.3 Å². The van der Waals surface area contributed by atoms with Crippen molar-refractivity contribution >= 4 is 43.6 Å². The Morgan fingerprint density at radius 2 is 0.955 bits per heavy atom. The van der Waals surface area contributed by atoms with Crippen molar-refractivity contribution in [3.8, 4) is 34.2 Å². The van der Waals surface area contributed by atoms with E-state index in [1.165, 1.54) is 0 Å². The van der Waals surface area contributed by atoms with Crippen LogP contribution in [0.1, 0.15) is 0 Å². The fourth-order valence-corrected chi connectivity index (χ4v) is 6.29. The molecule has 7 nitrogen and oxygen atoms in total. The topological polar surface area (TPSA) is 74.3 Å². The van der Waals surface area contributed by atoms with E-state index in [2.05, 4.69) is 109 Å². The van der Waals surface area contributed by atoms with Crippen molar-refractivity contribution in [2.75, 3.05) is 0 Å². The summed E-state index contributed by atoms with van der Waals surface area (Å²) in [5.41, 5.74) is 8.03. The quantitative estimate of drug-likeness (QED) is 0.215. The smallest absolute Gasteiger partial charge is 0.138 e. The molecule has 0 aliphatic carbocycles. The third-order valence-electron chi connectivity index (χ3n) is 8.24. The van der Waals surface area contributed by atoms with Gasteiger partial charge in [0.2, 0.25) is 0 Å². The second-order valence-corrected chi connectivity index (χ2v) is 10.7. The van der Waals surface area contributed by atoms with Gasteiger partial charge >= 0.3 is 0 Å². The summed E-state index contributed by atoms with van der Waals surface area (Å²) in [5.74, 6) is 1.69. The van der Waals surface area contributed by atoms with Crippen LogP contribution in [0.4, 0.5) is 0 Å². The first-order chi connectivity index (χ1) is 21.8. The summed E-state index contributed by atoms with van der Waals surface area (Å²) in [5, 5.41) is 12.7. The fraction of sp³-hybridized carbons (Fsp3) is 0. The number of hydrogen-bond donors (Lipinski definition) is 0. The fourth-order valence-electron chi connectivity index (χ4n) is 6.29. The van der Waals surface area contributed by atoms with E-state index >= 15 is 0 Å². The number of benzene rings is 3. The molecule has 0 fully saturated rings. The summed E-state index contributed by atoms with van der Waals surface area (Å²) in [6, 6.07) is 39.5. The lowest BCUT2D eigenvalue weighted by Gasteiger charge is -2.11. The minimum absolute atomic E-state index is 0.827. The van der Waals surface area contributed by atoms with Gasteiger partial charge < -0.3 is 0 Å². The van der Waals surface area contributed by atoms with Crippen LogP contribution in [0.25, 0.3) is 77.8 Å². The van der Waals surface area contributed by atoms with E-state index in [0.717, 1.165) is 77.8 Å². The van der Waals surface area contributed by atoms with Crippen LogP contribution in [-0.4, -0.2) is 34.3 Å². The third kappa shape index (κ3) is 3.73. The maximum Gasteiger partial charge on any atom is 0.138 e. The van der Waals surface area contributed by atoms with Crippen molar-refractivity contribution in [3.63, 3.8) is 0 Å². The highest BCUT2D eigenvalue weighted by Gasteiger charge is 2.15. The largest absolute Gasteiger partial charge is 0.294 e. The number of fused-ring (bicyclic) bond motifs is 6. The molecule has 44 heavy (non-hydrogen) atoms. The molecule has 0 radical (unpaired) electrons. The van der Waals surface area contributed by atoms with E-state index in [-0.39, 0.29) is 0 Å². The van der Waals surface area contributed by atoms with Crippen LogP contribution in [-0.2, 0) is 0 Å². The second kappa shape index (κ2) is 9.68. The monoisotopic (exact) mass is 565 g/mol. The second-order valence-electron chi connectivity index (χ2n) is 10.7. The van der Waals surface area contributed by atoms with Gasteiger partial charge in [0.05, 0.1) is 45.8 Å². The average Bonchev–Trinajstić information content (AvgIpc) is 3.62. The first-order valence-corrected chi connectivity index (χ1v) is 14.4. The van der Waals surface area contributed by atoms with Gasteiger partial charge in [0.15, 0.2) is 0 Å². The molecule has 9 aromatic rings. The Morgan fingerprint density at radius 1 is 0.409 bits per heavy atom. The number of aromatic nitrogens is 7. The highest BCUT2D eigenvalue weighted by molar-refractivity contribution is 6.09. The molecule has 0 saturated heterocycles.